The molecule has 1 aliphatic rings. The van der Waals surface area contributed by atoms with Crippen molar-refractivity contribution in [1.29, 1.82) is 0 Å². The van der Waals surface area contributed by atoms with Crippen LogP contribution < -0.4 is 14.8 Å². The number of nitrogens with one attached hydrogen (secondary N) is 2. The monoisotopic (exact) mass is 375 g/mol. The molecule has 2 N–H and O–H groups in total. The van der Waals surface area contributed by atoms with Gasteiger partial charge in [0.15, 0.2) is 0 Å². The largest absolute Gasteiger partial charge is 0.494 e. The molecular formula is C15H22FN3O5S. The first-order chi connectivity index (χ1) is 11.8. The summed E-state index contributed by atoms with van der Waals surface area (Å²) in [6, 6.07) is 3.18. The molecule has 0 bridgehead atoms. The summed E-state index contributed by atoms with van der Waals surface area (Å²) < 4.78 is 49.4. The molecule has 1 unspecified atom stereocenters. The van der Waals surface area contributed by atoms with Crippen molar-refractivity contribution in [2.75, 3.05) is 44.5 Å². The summed E-state index contributed by atoms with van der Waals surface area (Å²) in [5.74, 6) is -0.238. The van der Waals surface area contributed by atoms with Gasteiger partial charge in [0.2, 0.25) is 10.0 Å². The summed E-state index contributed by atoms with van der Waals surface area (Å²) in [6.45, 7) is 3.03. The highest BCUT2D eigenvalue weighted by Crippen LogP contribution is 2.21. The van der Waals surface area contributed by atoms with Crippen LogP contribution in [-0.4, -0.2) is 64.6 Å². The molecule has 1 aromatic carbocycles. The van der Waals surface area contributed by atoms with E-state index in [2.05, 4.69) is 10.0 Å². The number of anilines is 1. The Morgan fingerprint density at radius 2 is 2.24 bits per heavy atom. The highest BCUT2D eigenvalue weighted by atomic mass is 32.2. The number of sulfonamides is 1. The average molecular weight is 375 g/mol. The number of rotatable bonds is 6. The predicted octanol–water partition coefficient (Wildman–Crippen LogP) is 1.01. The van der Waals surface area contributed by atoms with Gasteiger partial charge < -0.3 is 19.7 Å². The molecule has 0 spiro atoms. The van der Waals surface area contributed by atoms with Crippen molar-refractivity contribution in [2.45, 2.75) is 13.0 Å². The number of carbonyl (C=O) groups excluding carboxylic acids is 1. The Kier molecular flexibility index (Phi) is 6.57. The maximum Gasteiger partial charge on any atom is 0.322 e. The van der Waals surface area contributed by atoms with Gasteiger partial charge in [0.1, 0.15) is 11.6 Å². The lowest BCUT2D eigenvalue weighted by Crippen LogP contribution is -2.54. The van der Waals surface area contributed by atoms with Crippen molar-refractivity contribution in [3.63, 3.8) is 0 Å². The molecule has 1 fully saturated rings. The van der Waals surface area contributed by atoms with E-state index in [-0.39, 0.29) is 25.4 Å². The third kappa shape index (κ3) is 5.83. The van der Waals surface area contributed by atoms with Crippen LogP contribution in [0.15, 0.2) is 18.2 Å². The number of urea groups is 1. The van der Waals surface area contributed by atoms with E-state index in [4.69, 9.17) is 9.47 Å². The molecule has 1 aliphatic heterocycles. The van der Waals surface area contributed by atoms with Crippen molar-refractivity contribution in [2.24, 2.45) is 0 Å². The fourth-order valence-corrected chi connectivity index (χ4v) is 2.87. The number of amides is 2. The van der Waals surface area contributed by atoms with Crippen LogP contribution in [0.2, 0.25) is 0 Å². The van der Waals surface area contributed by atoms with Gasteiger partial charge in [-0.05, 0) is 19.1 Å². The van der Waals surface area contributed by atoms with Gasteiger partial charge in [0, 0.05) is 19.2 Å². The molecule has 8 nitrogen and oxygen atoms in total. The quantitative estimate of drug-likeness (QED) is 0.773. The van der Waals surface area contributed by atoms with Gasteiger partial charge in [-0.15, -0.1) is 0 Å². The van der Waals surface area contributed by atoms with Crippen LogP contribution in [0.5, 0.6) is 5.75 Å². The molecule has 25 heavy (non-hydrogen) atoms. The minimum Gasteiger partial charge on any atom is -0.494 e. The topological polar surface area (TPSA) is 97.0 Å². The summed E-state index contributed by atoms with van der Waals surface area (Å²) in [4.78, 5) is 13.9. The first-order valence-corrected chi connectivity index (χ1v) is 9.71. The van der Waals surface area contributed by atoms with E-state index in [1.807, 2.05) is 0 Å². The maximum absolute atomic E-state index is 14.1. The summed E-state index contributed by atoms with van der Waals surface area (Å²) >= 11 is 0. The van der Waals surface area contributed by atoms with Gasteiger partial charge in [-0.25, -0.2) is 22.3 Å². The number of ether oxygens (including phenoxy) is 2. The van der Waals surface area contributed by atoms with Crippen LogP contribution in [0, 0.1) is 5.82 Å². The van der Waals surface area contributed by atoms with Crippen molar-refractivity contribution in [3.8, 4) is 5.75 Å². The SMILES string of the molecule is CCOc1ccc(NC(=O)N2CCOCC2CNS(C)(=O)=O)c(F)c1. The van der Waals surface area contributed by atoms with Gasteiger partial charge in [-0.1, -0.05) is 0 Å². The van der Waals surface area contributed by atoms with E-state index in [1.54, 1.807) is 13.0 Å². The fraction of sp³-hybridized carbons (Fsp3) is 0.533. The molecule has 1 heterocycles. The van der Waals surface area contributed by atoms with Crippen LogP contribution in [0.25, 0.3) is 0 Å². The van der Waals surface area contributed by atoms with E-state index in [0.29, 0.717) is 19.0 Å². The van der Waals surface area contributed by atoms with E-state index in [1.165, 1.54) is 17.0 Å². The first kappa shape index (κ1) is 19.4. The van der Waals surface area contributed by atoms with Crippen molar-refractivity contribution >= 4 is 21.7 Å². The molecule has 10 heteroatoms. The second-order valence-electron chi connectivity index (χ2n) is 5.55. The van der Waals surface area contributed by atoms with Crippen LogP contribution in [0.3, 0.4) is 0 Å². The molecular weight excluding hydrogens is 353 g/mol. The van der Waals surface area contributed by atoms with Crippen molar-refractivity contribution in [3.05, 3.63) is 24.0 Å². The third-order valence-electron chi connectivity index (χ3n) is 3.56. The van der Waals surface area contributed by atoms with Gasteiger partial charge in [-0.2, -0.15) is 0 Å². The van der Waals surface area contributed by atoms with E-state index >= 15 is 0 Å². The summed E-state index contributed by atoms with van der Waals surface area (Å²) in [6.07, 6.45) is 1.04. The van der Waals surface area contributed by atoms with Crippen LogP contribution in [0.1, 0.15) is 6.92 Å². The average Bonchev–Trinajstić information content (AvgIpc) is 2.55. The van der Waals surface area contributed by atoms with E-state index < -0.39 is 27.9 Å². The second kappa shape index (κ2) is 8.45. The molecule has 0 aromatic heterocycles. The number of morpholine rings is 1. The lowest BCUT2D eigenvalue weighted by atomic mass is 10.2. The standard InChI is InChI=1S/C15H22FN3O5S/c1-3-24-12-4-5-14(13(16)8-12)18-15(20)19-6-7-23-10-11(19)9-17-25(2,21)22/h4-5,8,11,17H,3,6-7,9-10H2,1-2H3,(H,18,20). The molecule has 2 amide bonds. The Morgan fingerprint density at radius 1 is 1.48 bits per heavy atom. The zero-order chi connectivity index (χ0) is 18.4. The zero-order valence-electron chi connectivity index (χ0n) is 14.1. The van der Waals surface area contributed by atoms with E-state index in [0.717, 1.165) is 6.26 Å². The number of benzene rings is 1. The normalized spacial score (nSPS) is 18.0. The van der Waals surface area contributed by atoms with Gasteiger partial charge in [0.25, 0.3) is 0 Å². The van der Waals surface area contributed by atoms with Crippen molar-refractivity contribution in [1.82, 2.24) is 9.62 Å². The van der Waals surface area contributed by atoms with Gasteiger partial charge >= 0.3 is 6.03 Å². The molecule has 0 saturated carbocycles. The highest BCUT2D eigenvalue weighted by molar-refractivity contribution is 7.88. The Hall–Kier alpha value is -1.91. The molecule has 1 atom stereocenters. The Labute approximate surface area is 146 Å². The minimum absolute atomic E-state index is 0.0229. The Balaban J connectivity index is 2.04. The molecule has 1 aromatic rings. The highest BCUT2D eigenvalue weighted by Gasteiger charge is 2.28. The molecule has 140 valence electrons. The van der Waals surface area contributed by atoms with Crippen LogP contribution >= 0.6 is 0 Å². The van der Waals surface area contributed by atoms with Crippen LogP contribution in [-0.2, 0) is 14.8 Å². The maximum atomic E-state index is 14.1. The third-order valence-corrected chi connectivity index (χ3v) is 4.25. The second-order valence-corrected chi connectivity index (χ2v) is 7.38. The summed E-state index contributed by atoms with van der Waals surface area (Å²) in [5.41, 5.74) is 0.0229. The smallest absolute Gasteiger partial charge is 0.322 e. The predicted molar refractivity (Wildman–Crippen MR) is 90.7 cm³/mol. The molecule has 0 radical (unpaired) electrons. The van der Waals surface area contributed by atoms with Crippen molar-refractivity contribution < 1.29 is 27.1 Å². The number of hydrogen-bond donors (Lipinski definition) is 2. The minimum atomic E-state index is -3.39. The Bertz CT molecular complexity index is 713. The fourth-order valence-electron chi connectivity index (χ4n) is 2.38. The lowest BCUT2D eigenvalue weighted by molar-refractivity contribution is 0.0176. The molecule has 2 rings (SSSR count). The van der Waals surface area contributed by atoms with Gasteiger partial charge in [0.05, 0.1) is 37.8 Å². The molecule has 0 aliphatic carbocycles. The molecule has 1 saturated heterocycles. The number of halogens is 1. The number of hydrogen-bond acceptors (Lipinski definition) is 5. The summed E-state index contributed by atoms with van der Waals surface area (Å²) in [5, 5.41) is 2.50. The number of nitrogens with zero attached hydrogens (tertiary/aromatic N) is 1. The first-order valence-electron chi connectivity index (χ1n) is 7.82. The van der Waals surface area contributed by atoms with Crippen LogP contribution in [0.4, 0.5) is 14.9 Å². The van der Waals surface area contributed by atoms with Gasteiger partial charge in [-0.3, -0.25) is 0 Å². The zero-order valence-corrected chi connectivity index (χ0v) is 14.9. The Morgan fingerprint density at radius 3 is 2.88 bits per heavy atom. The lowest BCUT2D eigenvalue weighted by Gasteiger charge is -2.35. The van der Waals surface area contributed by atoms with E-state index in [9.17, 15) is 17.6 Å². The summed E-state index contributed by atoms with van der Waals surface area (Å²) in [7, 11) is -3.39. The number of carbonyl (C=O) groups is 1.